The Balaban J connectivity index is 2.24. The number of nitrogens with zero attached hydrogens (tertiary/aromatic N) is 3. The second kappa shape index (κ2) is 5.44. The molecule has 0 aliphatic carbocycles. The van der Waals surface area contributed by atoms with Crippen molar-refractivity contribution in [3.05, 3.63) is 28.3 Å². The lowest BCUT2D eigenvalue weighted by Gasteiger charge is -2.39. The van der Waals surface area contributed by atoms with Crippen LogP contribution >= 0.6 is 0 Å². The van der Waals surface area contributed by atoms with E-state index in [-0.39, 0.29) is 5.69 Å². The Hall–Kier alpha value is -1.82. The largest absolute Gasteiger partial charge is 0.490 e. The quantitative estimate of drug-likeness (QED) is 0.615. The van der Waals surface area contributed by atoms with Crippen molar-refractivity contribution in [3.8, 4) is 5.75 Å². The predicted molar refractivity (Wildman–Crippen MR) is 74.0 cm³/mol. The molecule has 6 heteroatoms. The molecule has 0 spiro atoms. The topological polar surface area (TPSA) is 58.8 Å². The second-order valence-corrected chi connectivity index (χ2v) is 4.89. The van der Waals surface area contributed by atoms with E-state index in [2.05, 4.69) is 23.8 Å². The molecule has 0 bridgehead atoms. The van der Waals surface area contributed by atoms with E-state index in [0.29, 0.717) is 11.8 Å². The molecule has 1 heterocycles. The summed E-state index contributed by atoms with van der Waals surface area (Å²) in [5, 5.41) is 10.9. The van der Waals surface area contributed by atoms with E-state index in [4.69, 9.17) is 4.74 Å². The molecular formula is C13H19N3O3. The Morgan fingerprint density at radius 2 is 2.16 bits per heavy atom. The molecule has 1 saturated heterocycles. The Labute approximate surface area is 112 Å². The maximum absolute atomic E-state index is 10.9. The minimum atomic E-state index is -0.421. The second-order valence-electron chi connectivity index (χ2n) is 4.89. The van der Waals surface area contributed by atoms with Gasteiger partial charge in [-0.25, -0.2) is 0 Å². The average Bonchev–Trinajstić information content (AvgIpc) is 2.41. The van der Waals surface area contributed by atoms with Gasteiger partial charge in [-0.15, -0.1) is 0 Å². The number of hydrogen-bond acceptors (Lipinski definition) is 5. The van der Waals surface area contributed by atoms with Crippen LogP contribution in [0.4, 0.5) is 11.4 Å². The third-order valence-electron chi connectivity index (χ3n) is 3.68. The molecule has 104 valence electrons. The highest BCUT2D eigenvalue weighted by Crippen LogP contribution is 2.32. The Bertz CT molecular complexity index is 478. The number of piperazine rings is 1. The SMILES string of the molecule is COc1cc(N2CCN(C)C(C)C2)ccc1[N+](=O)[O-]. The van der Waals surface area contributed by atoms with E-state index in [1.54, 1.807) is 12.1 Å². The van der Waals surface area contributed by atoms with Gasteiger partial charge in [-0.3, -0.25) is 10.1 Å². The van der Waals surface area contributed by atoms with Crippen molar-refractivity contribution in [3.63, 3.8) is 0 Å². The number of hydrogen-bond donors (Lipinski definition) is 0. The maximum atomic E-state index is 10.9. The van der Waals surface area contributed by atoms with E-state index in [0.717, 1.165) is 25.3 Å². The number of methoxy groups -OCH3 is 1. The van der Waals surface area contributed by atoms with E-state index in [1.807, 2.05) is 0 Å². The van der Waals surface area contributed by atoms with E-state index in [9.17, 15) is 10.1 Å². The fourth-order valence-corrected chi connectivity index (χ4v) is 2.30. The van der Waals surface area contributed by atoms with Gasteiger partial charge in [0.05, 0.1) is 12.0 Å². The molecule has 19 heavy (non-hydrogen) atoms. The van der Waals surface area contributed by atoms with Gasteiger partial charge in [0.15, 0.2) is 5.75 Å². The smallest absolute Gasteiger partial charge is 0.311 e. The minimum Gasteiger partial charge on any atom is -0.490 e. The molecule has 0 radical (unpaired) electrons. The van der Waals surface area contributed by atoms with Gasteiger partial charge in [-0.05, 0) is 20.0 Å². The summed E-state index contributed by atoms with van der Waals surface area (Å²) in [7, 11) is 3.57. The zero-order valence-electron chi connectivity index (χ0n) is 11.5. The lowest BCUT2D eigenvalue weighted by Crippen LogP contribution is -2.50. The van der Waals surface area contributed by atoms with Crippen LogP contribution in [0.1, 0.15) is 6.92 Å². The molecule has 1 aromatic rings. The minimum absolute atomic E-state index is 0.00780. The third-order valence-corrected chi connectivity index (χ3v) is 3.68. The van der Waals surface area contributed by atoms with Gasteiger partial charge in [0, 0.05) is 43.5 Å². The van der Waals surface area contributed by atoms with Crippen LogP contribution in [-0.4, -0.2) is 49.7 Å². The lowest BCUT2D eigenvalue weighted by molar-refractivity contribution is -0.385. The average molecular weight is 265 g/mol. The van der Waals surface area contributed by atoms with Crippen molar-refractivity contribution in [2.75, 3.05) is 38.7 Å². The summed E-state index contributed by atoms with van der Waals surface area (Å²) in [5.74, 6) is 0.314. The number of rotatable bonds is 3. The first kappa shape index (κ1) is 13.6. The summed E-state index contributed by atoms with van der Waals surface area (Å²) in [6.45, 7) is 4.99. The highest BCUT2D eigenvalue weighted by molar-refractivity contribution is 5.59. The summed E-state index contributed by atoms with van der Waals surface area (Å²) in [5.41, 5.74) is 0.982. The number of nitro groups is 1. The fourth-order valence-electron chi connectivity index (χ4n) is 2.30. The Morgan fingerprint density at radius 3 is 2.74 bits per heavy atom. The van der Waals surface area contributed by atoms with Crippen molar-refractivity contribution in [1.29, 1.82) is 0 Å². The fraction of sp³-hybridized carbons (Fsp3) is 0.538. The van der Waals surface area contributed by atoms with E-state index < -0.39 is 4.92 Å². The summed E-state index contributed by atoms with van der Waals surface area (Å²) < 4.78 is 5.11. The van der Waals surface area contributed by atoms with Crippen LogP contribution in [-0.2, 0) is 0 Å². The molecule has 1 fully saturated rings. The standard InChI is InChI=1S/C13H19N3O3/c1-10-9-15(7-6-14(10)2)11-4-5-12(16(17)18)13(8-11)19-3/h4-5,8,10H,6-7,9H2,1-3H3. The van der Waals surface area contributed by atoms with Gasteiger partial charge < -0.3 is 14.5 Å². The molecule has 1 atom stereocenters. The number of benzene rings is 1. The molecule has 1 aliphatic heterocycles. The summed E-state index contributed by atoms with van der Waals surface area (Å²) in [6, 6.07) is 5.52. The molecule has 1 aromatic carbocycles. The number of nitro benzene ring substituents is 1. The summed E-state index contributed by atoms with van der Waals surface area (Å²) in [6.07, 6.45) is 0. The molecule has 2 rings (SSSR count). The number of likely N-dealkylation sites (N-methyl/N-ethyl adjacent to an activating group) is 1. The van der Waals surface area contributed by atoms with Gasteiger partial charge in [0.2, 0.25) is 0 Å². The molecule has 0 N–H and O–H groups in total. The van der Waals surface area contributed by atoms with Crippen LogP contribution in [0.15, 0.2) is 18.2 Å². The van der Waals surface area contributed by atoms with Crippen LogP contribution in [0.3, 0.4) is 0 Å². The van der Waals surface area contributed by atoms with Crippen molar-refractivity contribution in [2.45, 2.75) is 13.0 Å². The molecule has 6 nitrogen and oxygen atoms in total. The van der Waals surface area contributed by atoms with Crippen LogP contribution in [0.25, 0.3) is 0 Å². The summed E-state index contributed by atoms with van der Waals surface area (Å²) >= 11 is 0. The van der Waals surface area contributed by atoms with Crippen molar-refractivity contribution in [1.82, 2.24) is 4.90 Å². The molecule has 1 aliphatic rings. The van der Waals surface area contributed by atoms with E-state index in [1.165, 1.54) is 13.2 Å². The van der Waals surface area contributed by atoms with Gasteiger partial charge in [0.1, 0.15) is 0 Å². The van der Waals surface area contributed by atoms with Gasteiger partial charge >= 0.3 is 5.69 Å². The Morgan fingerprint density at radius 1 is 1.42 bits per heavy atom. The molecule has 0 saturated carbocycles. The van der Waals surface area contributed by atoms with Gasteiger partial charge in [-0.2, -0.15) is 0 Å². The zero-order valence-corrected chi connectivity index (χ0v) is 11.5. The predicted octanol–water partition coefficient (Wildman–Crippen LogP) is 1.74. The highest BCUT2D eigenvalue weighted by Gasteiger charge is 2.23. The van der Waals surface area contributed by atoms with Crippen LogP contribution in [0, 0.1) is 10.1 Å². The van der Waals surface area contributed by atoms with Crippen LogP contribution < -0.4 is 9.64 Å². The number of anilines is 1. The first-order valence-corrected chi connectivity index (χ1v) is 6.30. The van der Waals surface area contributed by atoms with E-state index >= 15 is 0 Å². The summed E-state index contributed by atoms with van der Waals surface area (Å²) in [4.78, 5) is 15.0. The highest BCUT2D eigenvalue weighted by atomic mass is 16.6. The monoisotopic (exact) mass is 265 g/mol. The van der Waals surface area contributed by atoms with Crippen LogP contribution in [0.2, 0.25) is 0 Å². The van der Waals surface area contributed by atoms with Gasteiger partial charge in [0.25, 0.3) is 0 Å². The molecule has 1 unspecified atom stereocenters. The number of ether oxygens (including phenoxy) is 1. The first-order valence-electron chi connectivity index (χ1n) is 6.30. The van der Waals surface area contributed by atoms with Crippen LogP contribution in [0.5, 0.6) is 5.75 Å². The third kappa shape index (κ3) is 2.78. The maximum Gasteiger partial charge on any atom is 0.311 e. The normalized spacial score (nSPS) is 20.4. The zero-order chi connectivity index (χ0) is 14.0. The van der Waals surface area contributed by atoms with Crippen molar-refractivity contribution < 1.29 is 9.66 Å². The molecule has 0 aromatic heterocycles. The van der Waals surface area contributed by atoms with Crippen molar-refractivity contribution in [2.24, 2.45) is 0 Å². The molecular weight excluding hydrogens is 246 g/mol. The van der Waals surface area contributed by atoms with Gasteiger partial charge in [-0.1, -0.05) is 0 Å². The van der Waals surface area contributed by atoms with Crippen molar-refractivity contribution >= 4 is 11.4 Å². The lowest BCUT2D eigenvalue weighted by atomic mass is 10.1. The Kier molecular flexibility index (Phi) is 3.90. The first-order chi connectivity index (χ1) is 9.02. The molecule has 0 amide bonds.